The molecule has 1 unspecified atom stereocenters. The van der Waals surface area contributed by atoms with Gasteiger partial charge in [0.15, 0.2) is 23.1 Å². The number of likely N-dealkylation sites (N-methyl/N-ethyl adjacent to an activating group) is 1. The number of nitrogens with zero attached hydrogens (tertiary/aromatic N) is 1. The topological polar surface area (TPSA) is 229 Å². The highest BCUT2D eigenvalue weighted by atomic mass is 16.7. The average Bonchev–Trinajstić information content (AvgIpc) is 3.68. The second-order valence-electron chi connectivity index (χ2n) is 21.6. The number of aliphatic hydroxyl groups excluding tert-OH is 1. The third-order valence-corrected chi connectivity index (χ3v) is 15.6. The van der Waals surface area contributed by atoms with Crippen molar-refractivity contribution in [1.29, 1.82) is 0 Å². The number of aliphatic hydroxyl groups is 1. The normalized spacial score (nSPS) is 22.6. The van der Waals surface area contributed by atoms with Gasteiger partial charge in [0.2, 0.25) is 23.6 Å². The van der Waals surface area contributed by atoms with Crippen molar-refractivity contribution in [2.75, 3.05) is 13.7 Å². The quantitative estimate of drug-likeness (QED) is 0.0578. The second-order valence-corrected chi connectivity index (χ2v) is 21.6. The lowest BCUT2D eigenvalue weighted by atomic mass is 9.43. The lowest BCUT2D eigenvalue weighted by Crippen LogP contribution is -2.65. The lowest BCUT2D eigenvalue weighted by molar-refractivity contribution is -0.199. The first-order chi connectivity index (χ1) is 32.9. The van der Waals surface area contributed by atoms with Crippen molar-refractivity contribution >= 4 is 53.9 Å². The number of rotatable bonds is 27. The highest BCUT2D eigenvalue weighted by molar-refractivity contribution is 6.47. The Morgan fingerprint density at radius 2 is 1.43 bits per heavy atom. The number of carbonyl (C=O) groups is 8. The van der Waals surface area contributed by atoms with Gasteiger partial charge in [0.25, 0.3) is 0 Å². The van der Waals surface area contributed by atoms with E-state index in [2.05, 4.69) is 62.6 Å². The summed E-state index contributed by atoms with van der Waals surface area (Å²) in [5, 5.41) is 15.3. The number of hydrogen-bond donors (Lipinski definition) is 4. The SMILES string of the molecule is CCCCc1ccc(-c2ccc(C(=O)C[C@H](CO)C(=O)N[C@H](C)C(=O)CCC(=O)N(C)[C@H](C(=O)C[C@@H](C)C(=O)N[C@@H](CC(N)=O)C(=O)C[C@@H](C)B3OC4C[C@@H]5C[C@@H](C5(C)C)[C@]4(C)O3)C(C)C)cc2)cc1. The van der Waals surface area contributed by atoms with E-state index in [0.717, 1.165) is 43.2 Å². The molecule has 2 aromatic carbocycles. The van der Waals surface area contributed by atoms with Crippen LogP contribution in [0.5, 0.6) is 0 Å². The van der Waals surface area contributed by atoms with E-state index in [0.29, 0.717) is 17.4 Å². The predicted octanol–water partition coefficient (Wildman–Crippen LogP) is 6.25. The molecular weight excluding hydrogens is 891 g/mol. The molecule has 70 heavy (non-hydrogen) atoms. The molecule has 2 bridgehead atoms. The first-order valence-corrected chi connectivity index (χ1v) is 25.3. The van der Waals surface area contributed by atoms with Crippen molar-refractivity contribution in [1.82, 2.24) is 15.5 Å². The number of aryl methyl sites for hydroxylation is 1. The molecule has 16 heteroatoms. The molecule has 4 amide bonds. The van der Waals surface area contributed by atoms with Gasteiger partial charge in [-0.3, -0.25) is 38.4 Å². The van der Waals surface area contributed by atoms with Crippen molar-refractivity contribution in [2.45, 2.75) is 169 Å². The van der Waals surface area contributed by atoms with Gasteiger partial charge in [-0.1, -0.05) is 103 Å². The number of amides is 4. The molecule has 0 spiro atoms. The molecule has 2 aromatic rings. The third-order valence-electron chi connectivity index (χ3n) is 15.6. The van der Waals surface area contributed by atoms with Gasteiger partial charge >= 0.3 is 7.12 Å². The zero-order valence-electron chi connectivity index (χ0n) is 43.0. The Labute approximate surface area is 414 Å². The van der Waals surface area contributed by atoms with Gasteiger partial charge in [-0.25, -0.2) is 0 Å². The minimum absolute atomic E-state index is 0.0395. The number of benzene rings is 2. The van der Waals surface area contributed by atoms with Crippen molar-refractivity contribution in [3.63, 3.8) is 0 Å². The molecule has 15 nitrogen and oxygen atoms in total. The monoisotopic (exact) mass is 969 g/mol. The summed E-state index contributed by atoms with van der Waals surface area (Å²) >= 11 is 0. The highest BCUT2D eigenvalue weighted by Crippen LogP contribution is 2.66. The van der Waals surface area contributed by atoms with E-state index in [-0.39, 0.29) is 61.1 Å². The van der Waals surface area contributed by atoms with Gasteiger partial charge in [0, 0.05) is 50.6 Å². The third kappa shape index (κ3) is 13.3. The first-order valence-electron chi connectivity index (χ1n) is 25.3. The maximum Gasteiger partial charge on any atom is 0.461 e. The molecule has 0 aromatic heterocycles. The number of nitrogens with two attached hydrogens (primary N) is 1. The molecule has 1 heterocycles. The Balaban J connectivity index is 1.07. The smallest absolute Gasteiger partial charge is 0.405 e. The highest BCUT2D eigenvalue weighted by Gasteiger charge is 2.68. The van der Waals surface area contributed by atoms with E-state index in [1.54, 1.807) is 26.0 Å². The number of carbonyl (C=O) groups excluding carboxylic acids is 8. The van der Waals surface area contributed by atoms with Crippen LogP contribution < -0.4 is 16.4 Å². The van der Waals surface area contributed by atoms with Gasteiger partial charge in [-0.05, 0) is 85.2 Å². The van der Waals surface area contributed by atoms with Gasteiger partial charge in [0.05, 0.1) is 48.8 Å². The van der Waals surface area contributed by atoms with Crippen molar-refractivity contribution < 1.29 is 52.8 Å². The van der Waals surface area contributed by atoms with Crippen LogP contribution in [0.3, 0.4) is 0 Å². The van der Waals surface area contributed by atoms with Crippen LogP contribution in [0.25, 0.3) is 11.1 Å². The average molecular weight is 969 g/mol. The lowest BCUT2D eigenvalue weighted by Gasteiger charge is -2.64. The molecule has 4 fully saturated rings. The van der Waals surface area contributed by atoms with E-state index in [1.165, 1.54) is 31.4 Å². The number of ketones is 4. The number of primary amides is 1. The number of Topliss-reactive ketones (excluding diaryl/α,β-unsaturated/α-hetero) is 4. The van der Waals surface area contributed by atoms with Crippen LogP contribution >= 0.6 is 0 Å². The summed E-state index contributed by atoms with van der Waals surface area (Å²) in [4.78, 5) is 107. The Hall–Kier alpha value is -5.06. The van der Waals surface area contributed by atoms with Gasteiger partial charge < -0.3 is 35.7 Å². The number of nitrogens with one attached hydrogen (secondary N) is 2. The predicted molar refractivity (Wildman–Crippen MR) is 267 cm³/mol. The molecule has 10 atom stereocenters. The van der Waals surface area contributed by atoms with E-state index in [9.17, 15) is 43.5 Å². The van der Waals surface area contributed by atoms with Crippen molar-refractivity contribution in [2.24, 2.45) is 40.7 Å². The Morgan fingerprint density at radius 3 is 2.00 bits per heavy atom. The molecule has 6 rings (SSSR count). The van der Waals surface area contributed by atoms with Crippen LogP contribution in [0.2, 0.25) is 5.82 Å². The molecule has 382 valence electrons. The van der Waals surface area contributed by atoms with Crippen LogP contribution in [-0.4, -0.2) is 107 Å². The molecule has 3 saturated carbocycles. The molecule has 5 N–H and O–H groups in total. The standard InChI is InChI=1S/C54H77BN4O11/c1-11-12-13-35-14-16-36(17-15-35)37-18-20-38(21-19-37)43(62)26-39(30-60)52(68)57-34(6)42(61)22-23-49(66)59(10)50(31(2)3)45(64)24-32(4)51(67)58-41(29-48(56)65)44(63)25-33(5)55-69-47-28-40-27-46(53(40,7)8)54(47,9)70-55/h14-21,31-34,39-41,46-47,50,60H,11-13,22-30H2,1-10H3,(H2,56,65)(H,57,68)(H,58,67)/t32-,33-,34-,39-,40+,41+,46+,47?,50+,54+/m1/s1. The fourth-order valence-corrected chi connectivity index (χ4v) is 10.9. The second kappa shape index (κ2) is 23.9. The van der Waals surface area contributed by atoms with E-state index in [1.807, 2.05) is 19.1 Å². The summed E-state index contributed by atoms with van der Waals surface area (Å²) in [5.41, 5.74) is 8.81. The van der Waals surface area contributed by atoms with E-state index >= 15 is 0 Å². The minimum Gasteiger partial charge on any atom is -0.405 e. The van der Waals surface area contributed by atoms with Crippen LogP contribution in [0.4, 0.5) is 0 Å². The summed E-state index contributed by atoms with van der Waals surface area (Å²) < 4.78 is 12.9. The fraction of sp³-hybridized carbons (Fsp3) is 0.630. The maximum atomic E-state index is 13.8. The maximum absolute atomic E-state index is 13.8. The Kier molecular flexibility index (Phi) is 19.1. The first kappa shape index (κ1) is 55.9. The van der Waals surface area contributed by atoms with Crippen LogP contribution in [-0.2, 0) is 49.3 Å². The van der Waals surface area contributed by atoms with Gasteiger partial charge in [-0.2, -0.15) is 0 Å². The molecule has 3 aliphatic carbocycles. The summed E-state index contributed by atoms with van der Waals surface area (Å²) in [5.74, 6) is -6.11. The number of unbranched alkanes of at least 4 members (excludes halogenated alkanes) is 1. The van der Waals surface area contributed by atoms with Crippen molar-refractivity contribution in [3.05, 3.63) is 59.7 Å². The van der Waals surface area contributed by atoms with E-state index < -0.39 is 96.7 Å². The molecule has 4 aliphatic rings. The van der Waals surface area contributed by atoms with Crippen molar-refractivity contribution in [3.8, 4) is 11.1 Å². The van der Waals surface area contributed by atoms with Crippen LogP contribution in [0.1, 0.15) is 142 Å². The molecule has 1 aliphatic heterocycles. The zero-order valence-corrected chi connectivity index (χ0v) is 43.0. The van der Waals surface area contributed by atoms with Gasteiger partial charge in [0.1, 0.15) is 0 Å². The Bertz CT molecular complexity index is 2230. The zero-order chi connectivity index (χ0) is 51.8. The van der Waals surface area contributed by atoms with Crippen LogP contribution in [0.15, 0.2) is 48.5 Å². The fourth-order valence-electron chi connectivity index (χ4n) is 10.9. The molecular formula is C54H77BN4O11. The van der Waals surface area contributed by atoms with E-state index in [4.69, 9.17) is 15.0 Å². The largest absolute Gasteiger partial charge is 0.461 e. The van der Waals surface area contributed by atoms with Crippen LogP contribution in [0, 0.1) is 35.0 Å². The van der Waals surface area contributed by atoms with Gasteiger partial charge in [-0.15, -0.1) is 0 Å². The summed E-state index contributed by atoms with van der Waals surface area (Å²) in [6, 6.07) is 12.2. The minimum atomic E-state index is -1.23. The summed E-state index contributed by atoms with van der Waals surface area (Å²) in [6.45, 7) is 16.5. The summed E-state index contributed by atoms with van der Waals surface area (Å²) in [7, 11) is 0.825. The Morgan fingerprint density at radius 1 is 0.800 bits per heavy atom. The summed E-state index contributed by atoms with van der Waals surface area (Å²) in [6.07, 6.45) is 3.62. The molecule has 0 radical (unpaired) electrons. The molecule has 1 saturated heterocycles. The number of hydrogen-bond acceptors (Lipinski definition) is 11.